The fourth-order valence-corrected chi connectivity index (χ4v) is 2.72. The number of anilines is 1. The fraction of sp³-hybridized carbons (Fsp3) is 0.364. The number of nitrogens with zero attached hydrogens (tertiary/aromatic N) is 3. The number of fused-ring (bicyclic) bond motifs is 1. The molecule has 7 nitrogen and oxygen atoms in total. The molecule has 0 radical (unpaired) electrons. The Morgan fingerprint density at radius 2 is 1.76 bits per heavy atom. The van der Waals surface area contributed by atoms with Crippen molar-refractivity contribution in [2.75, 3.05) is 12.3 Å². The second kappa shape index (κ2) is 8.03. The number of nitrogens with two attached hydrogens (primary N) is 1. The number of hydrogen-bond donors (Lipinski definition) is 2. The van der Waals surface area contributed by atoms with Gasteiger partial charge in [0.25, 0.3) is 5.91 Å². The Kier molecular flexibility index (Phi) is 5.68. The number of aromatic nitrogens is 3. The predicted octanol–water partition coefficient (Wildman–Crippen LogP) is 3.84. The van der Waals surface area contributed by atoms with Gasteiger partial charge in [-0.1, -0.05) is 26.0 Å². The van der Waals surface area contributed by atoms with Crippen LogP contribution in [0.25, 0.3) is 22.3 Å². The van der Waals surface area contributed by atoms with Crippen LogP contribution in [0.15, 0.2) is 36.4 Å². The third-order valence-corrected chi connectivity index (χ3v) is 4.04. The van der Waals surface area contributed by atoms with Gasteiger partial charge in [0.15, 0.2) is 5.52 Å². The van der Waals surface area contributed by atoms with Gasteiger partial charge in [-0.25, -0.2) is 9.97 Å². The summed E-state index contributed by atoms with van der Waals surface area (Å²) in [6, 6.07) is 11.0. The largest absolute Gasteiger partial charge is 0.470 e. The zero-order valence-corrected chi connectivity index (χ0v) is 17.5. The number of nitrogen functional groups attached to an aromatic ring is 1. The lowest BCUT2D eigenvalue weighted by molar-refractivity contribution is 0.0949. The maximum Gasteiger partial charge on any atom is 0.251 e. The first-order valence-electron chi connectivity index (χ1n) is 9.64. The van der Waals surface area contributed by atoms with E-state index in [0.717, 1.165) is 11.3 Å². The molecule has 0 aliphatic rings. The molecule has 0 unspecified atom stereocenters. The quantitative estimate of drug-likeness (QED) is 0.683. The summed E-state index contributed by atoms with van der Waals surface area (Å²) < 4.78 is 5.94. The minimum absolute atomic E-state index is 0.0820. The molecule has 3 N–H and O–H groups in total. The SMILES string of the molecule is CC(C)CNC(=O)c1ccc(-c2ccc3nc(N)nc(OC(C)(C)C)c3n2)cc1. The molecule has 0 saturated carbocycles. The Morgan fingerprint density at radius 3 is 2.38 bits per heavy atom. The van der Waals surface area contributed by atoms with E-state index in [1.807, 2.05) is 45.0 Å². The van der Waals surface area contributed by atoms with Gasteiger partial charge in [-0.2, -0.15) is 4.98 Å². The number of benzene rings is 1. The van der Waals surface area contributed by atoms with Gasteiger partial charge in [0.2, 0.25) is 11.8 Å². The fourth-order valence-electron chi connectivity index (χ4n) is 2.72. The van der Waals surface area contributed by atoms with E-state index >= 15 is 0 Å². The zero-order chi connectivity index (χ0) is 21.2. The minimum atomic E-state index is -0.448. The maximum atomic E-state index is 12.2. The highest BCUT2D eigenvalue weighted by molar-refractivity contribution is 5.94. The van der Waals surface area contributed by atoms with Crippen LogP contribution in [0.5, 0.6) is 5.88 Å². The normalized spacial score (nSPS) is 11.7. The molecule has 1 amide bonds. The van der Waals surface area contributed by atoms with Crippen molar-refractivity contribution < 1.29 is 9.53 Å². The third-order valence-electron chi connectivity index (χ3n) is 4.04. The molecule has 0 atom stereocenters. The van der Waals surface area contributed by atoms with Crippen molar-refractivity contribution in [2.45, 2.75) is 40.2 Å². The molecule has 29 heavy (non-hydrogen) atoms. The lowest BCUT2D eigenvalue weighted by atomic mass is 10.1. The van der Waals surface area contributed by atoms with E-state index in [1.54, 1.807) is 12.1 Å². The Bertz CT molecular complexity index is 1020. The van der Waals surface area contributed by atoms with E-state index in [1.165, 1.54) is 0 Å². The summed E-state index contributed by atoms with van der Waals surface area (Å²) >= 11 is 0. The second-order valence-electron chi connectivity index (χ2n) is 8.35. The first-order valence-corrected chi connectivity index (χ1v) is 9.64. The molecule has 0 saturated heterocycles. The highest BCUT2D eigenvalue weighted by Gasteiger charge is 2.18. The van der Waals surface area contributed by atoms with Crippen molar-refractivity contribution in [1.29, 1.82) is 0 Å². The molecule has 3 rings (SSSR count). The molecule has 7 heteroatoms. The summed E-state index contributed by atoms with van der Waals surface area (Å²) in [5.74, 6) is 0.817. The lowest BCUT2D eigenvalue weighted by Crippen LogP contribution is -2.27. The zero-order valence-electron chi connectivity index (χ0n) is 17.5. The molecule has 0 aliphatic carbocycles. The Labute approximate surface area is 170 Å². The van der Waals surface area contributed by atoms with E-state index in [0.29, 0.717) is 34.9 Å². The summed E-state index contributed by atoms with van der Waals surface area (Å²) in [6.45, 7) is 10.6. The van der Waals surface area contributed by atoms with Crippen molar-refractivity contribution in [3.05, 3.63) is 42.0 Å². The molecule has 0 aliphatic heterocycles. The van der Waals surface area contributed by atoms with Crippen LogP contribution in [-0.2, 0) is 0 Å². The van der Waals surface area contributed by atoms with Crippen molar-refractivity contribution in [1.82, 2.24) is 20.3 Å². The molecule has 2 heterocycles. The molecule has 2 aromatic heterocycles. The first kappa shape index (κ1) is 20.5. The van der Waals surface area contributed by atoms with E-state index in [4.69, 9.17) is 15.5 Å². The number of rotatable bonds is 5. The highest BCUT2D eigenvalue weighted by atomic mass is 16.5. The van der Waals surface area contributed by atoms with Crippen molar-refractivity contribution >= 4 is 22.9 Å². The van der Waals surface area contributed by atoms with Crippen LogP contribution in [0.3, 0.4) is 0 Å². The summed E-state index contributed by atoms with van der Waals surface area (Å²) in [5.41, 5.74) is 8.76. The maximum absolute atomic E-state index is 12.2. The van der Waals surface area contributed by atoms with Crippen LogP contribution >= 0.6 is 0 Å². The van der Waals surface area contributed by atoms with Crippen LogP contribution in [0, 0.1) is 5.92 Å². The van der Waals surface area contributed by atoms with Gasteiger partial charge in [-0.05, 0) is 51.0 Å². The smallest absolute Gasteiger partial charge is 0.251 e. The standard InChI is InChI=1S/C22H27N5O2/c1-13(2)12-24-19(28)15-8-6-14(7-9-15)16-10-11-17-18(25-16)20(27-21(23)26-17)29-22(3,4)5/h6-11,13H,12H2,1-5H3,(H,24,28)(H2,23,26,27). The topological polar surface area (TPSA) is 103 Å². The van der Waals surface area contributed by atoms with Crippen LogP contribution in [0.2, 0.25) is 0 Å². The summed E-state index contributed by atoms with van der Waals surface area (Å²) in [7, 11) is 0. The Balaban J connectivity index is 1.93. The van der Waals surface area contributed by atoms with Crippen molar-refractivity contribution in [3.8, 4) is 17.1 Å². The number of hydrogen-bond acceptors (Lipinski definition) is 6. The molecule has 1 aromatic carbocycles. The van der Waals surface area contributed by atoms with E-state index in [9.17, 15) is 4.79 Å². The molecular weight excluding hydrogens is 366 g/mol. The molecule has 0 spiro atoms. The van der Waals surface area contributed by atoms with Gasteiger partial charge in [0, 0.05) is 17.7 Å². The van der Waals surface area contributed by atoms with E-state index in [-0.39, 0.29) is 11.9 Å². The van der Waals surface area contributed by atoms with Crippen LogP contribution < -0.4 is 15.8 Å². The van der Waals surface area contributed by atoms with Gasteiger partial charge >= 0.3 is 0 Å². The van der Waals surface area contributed by atoms with Gasteiger partial charge < -0.3 is 15.8 Å². The van der Waals surface area contributed by atoms with Crippen LogP contribution in [0.4, 0.5) is 5.95 Å². The third kappa shape index (κ3) is 5.19. The number of carbonyl (C=O) groups is 1. The predicted molar refractivity (Wildman–Crippen MR) is 115 cm³/mol. The highest BCUT2D eigenvalue weighted by Crippen LogP contribution is 2.28. The number of ether oxygens (including phenoxy) is 1. The molecule has 152 valence electrons. The lowest BCUT2D eigenvalue weighted by Gasteiger charge is -2.21. The van der Waals surface area contributed by atoms with E-state index < -0.39 is 5.60 Å². The Morgan fingerprint density at radius 1 is 1.07 bits per heavy atom. The molecule has 3 aromatic rings. The summed E-state index contributed by atoms with van der Waals surface area (Å²) in [6.07, 6.45) is 0. The van der Waals surface area contributed by atoms with Gasteiger partial charge in [-0.3, -0.25) is 4.79 Å². The number of pyridine rings is 1. The van der Waals surface area contributed by atoms with E-state index in [2.05, 4.69) is 29.1 Å². The van der Waals surface area contributed by atoms with Gasteiger partial charge in [0.1, 0.15) is 5.60 Å². The van der Waals surface area contributed by atoms with Crippen molar-refractivity contribution in [3.63, 3.8) is 0 Å². The second-order valence-corrected chi connectivity index (χ2v) is 8.35. The summed E-state index contributed by atoms with van der Waals surface area (Å²) in [4.78, 5) is 25.4. The Hall–Kier alpha value is -3.22. The molecule has 0 bridgehead atoms. The van der Waals surface area contributed by atoms with Gasteiger partial charge in [-0.15, -0.1) is 0 Å². The average Bonchev–Trinajstić information content (AvgIpc) is 2.64. The molecule has 0 fully saturated rings. The first-order chi connectivity index (χ1) is 13.6. The van der Waals surface area contributed by atoms with Crippen LogP contribution in [-0.4, -0.2) is 33.0 Å². The number of nitrogens with one attached hydrogen (secondary N) is 1. The number of amides is 1. The monoisotopic (exact) mass is 393 g/mol. The summed E-state index contributed by atoms with van der Waals surface area (Å²) in [5, 5.41) is 2.92. The van der Waals surface area contributed by atoms with Crippen LogP contribution in [0.1, 0.15) is 45.0 Å². The molecular formula is C22H27N5O2. The average molecular weight is 393 g/mol. The van der Waals surface area contributed by atoms with Gasteiger partial charge in [0.05, 0.1) is 11.2 Å². The van der Waals surface area contributed by atoms with Crippen molar-refractivity contribution in [2.24, 2.45) is 5.92 Å². The number of carbonyl (C=O) groups excluding carboxylic acids is 1. The minimum Gasteiger partial charge on any atom is -0.470 e.